The molecule has 144 valence electrons. The van der Waals surface area contributed by atoms with Crippen LogP contribution in [0.2, 0.25) is 0 Å². The highest BCUT2D eigenvalue weighted by Gasteiger charge is 2.25. The van der Waals surface area contributed by atoms with E-state index < -0.39 is 5.60 Å². The van der Waals surface area contributed by atoms with Crippen LogP contribution in [-0.2, 0) is 11.3 Å². The van der Waals surface area contributed by atoms with Gasteiger partial charge in [-0.15, -0.1) is 0 Å². The summed E-state index contributed by atoms with van der Waals surface area (Å²) in [7, 11) is 1.60. The van der Waals surface area contributed by atoms with Crippen LogP contribution in [0.25, 0.3) is 11.1 Å². The van der Waals surface area contributed by atoms with Gasteiger partial charge in [0.25, 0.3) is 0 Å². The Balaban J connectivity index is 1.88. The molecule has 0 saturated carbocycles. The first-order valence-corrected chi connectivity index (χ1v) is 8.94. The number of anilines is 1. The van der Waals surface area contributed by atoms with Crippen LogP contribution in [0.1, 0.15) is 26.3 Å². The van der Waals surface area contributed by atoms with Crippen LogP contribution in [0.15, 0.2) is 36.4 Å². The largest absolute Gasteiger partial charge is 0.495 e. The number of nitrogens with two attached hydrogens (primary N) is 1. The SMILES string of the molecule is COc1cc(-c2ccc3c(c2)CN(C(=O)OC(C)(C)C)CCO3)ccc1N. The second-order valence-corrected chi connectivity index (χ2v) is 7.53. The normalized spacial score (nSPS) is 14.0. The van der Waals surface area contributed by atoms with Crippen molar-refractivity contribution in [2.75, 3.05) is 26.0 Å². The summed E-state index contributed by atoms with van der Waals surface area (Å²) in [6, 6.07) is 11.6. The first-order chi connectivity index (χ1) is 12.8. The summed E-state index contributed by atoms with van der Waals surface area (Å²) in [5, 5.41) is 0. The third-order valence-electron chi connectivity index (χ3n) is 4.26. The minimum atomic E-state index is -0.532. The molecule has 0 unspecified atom stereocenters. The Kier molecular flexibility index (Phi) is 5.17. The van der Waals surface area contributed by atoms with Gasteiger partial charge in [0.05, 0.1) is 25.9 Å². The van der Waals surface area contributed by atoms with Gasteiger partial charge in [-0.3, -0.25) is 0 Å². The van der Waals surface area contributed by atoms with Gasteiger partial charge in [-0.1, -0.05) is 12.1 Å². The number of ether oxygens (including phenoxy) is 3. The second kappa shape index (κ2) is 7.39. The zero-order chi connectivity index (χ0) is 19.6. The van der Waals surface area contributed by atoms with E-state index in [9.17, 15) is 4.79 Å². The fourth-order valence-corrected chi connectivity index (χ4v) is 2.95. The number of carbonyl (C=O) groups excluding carboxylic acids is 1. The number of fused-ring (bicyclic) bond motifs is 1. The van der Waals surface area contributed by atoms with Gasteiger partial charge >= 0.3 is 6.09 Å². The predicted octanol–water partition coefficient (Wildman–Crippen LogP) is 4.07. The molecular formula is C21H26N2O4. The summed E-state index contributed by atoms with van der Waals surface area (Å²) in [5.41, 5.74) is 8.89. The van der Waals surface area contributed by atoms with Gasteiger partial charge in [0, 0.05) is 5.56 Å². The molecule has 0 radical (unpaired) electrons. The molecule has 3 rings (SSSR count). The maximum Gasteiger partial charge on any atom is 0.410 e. The van der Waals surface area contributed by atoms with E-state index in [1.807, 2.05) is 57.2 Å². The standard InChI is InChI=1S/C21H26N2O4/c1-21(2,3)27-20(24)23-9-10-26-18-8-6-14(11-16(18)13-23)15-5-7-17(22)19(12-15)25-4/h5-8,11-12H,9-10,13,22H2,1-4H3. The average Bonchev–Trinajstić information content (AvgIpc) is 2.82. The Labute approximate surface area is 159 Å². The number of methoxy groups -OCH3 is 1. The number of hydrogen-bond acceptors (Lipinski definition) is 5. The number of benzene rings is 2. The molecule has 0 aromatic heterocycles. The molecule has 6 heteroatoms. The molecule has 0 spiro atoms. The van der Waals surface area contributed by atoms with Crippen LogP contribution in [0.4, 0.5) is 10.5 Å². The Bertz CT molecular complexity index is 843. The number of amides is 1. The van der Waals surface area contributed by atoms with Crippen molar-refractivity contribution in [3.63, 3.8) is 0 Å². The molecule has 2 aromatic rings. The minimum absolute atomic E-state index is 0.335. The number of rotatable bonds is 2. The van der Waals surface area contributed by atoms with E-state index in [0.29, 0.717) is 31.1 Å². The van der Waals surface area contributed by atoms with Crippen molar-refractivity contribution in [3.8, 4) is 22.6 Å². The predicted molar refractivity (Wildman–Crippen MR) is 105 cm³/mol. The number of hydrogen-bond donors (Lipinski definition) is 1. The van der Waals surface area contributed by atoms with Crippen LogP contribution in [-0.4, -0.2) is 36.9 Å². The molecule has 1 heterocycles. The number of nitrogen functional groups attached to an aromatic ring is 1. The second-order valence-electron chi connectivity index (χ2n) is 7.53. The van der Waals surface area contributed by atoms with Crippen LogP contribution in [0, 0.1) is 0 Å². The molecule has 1 amide bonds. The maximum atomic E-state index is 12.5. The van der Waals surface area contributed by atoms with Crippen molar-refractivity contribution in [3.05, 3.63) is 42.0 Å². The van der Waals surface area contributed by atoms with E-state index in [4.69, 9.17) is 19.9 Å². The summed E-state index contributed by atoms with van der Waals surface area (Å²) < 4.78 is 16.6. The monoisotopic (exact) mass is 370 g/mol. The molecule has 0 aliphatic carbocycles. The molecule has 27 heavy (non-hydrogen) atoms. The van der Waals surface area contributed by atoms with Crippen molar-refractivity contribution in [2.45, 2.75) is 32.9 Å². The molecule has 1 aliphatic rings. The van der Waals surface area contributed by atoms with Crippen LogP contribution in [0.3, 0.4) is 0 Å². The lowest BCUT2D eigenvalue weighted by molar-refractivity contribution is 0.0225. The summed E-state index contributed by atoms with van der Waals surface area (Å²) in [6.45, 7) is 6.93. The van der Waals surface area contributed by atoms with Gasteiger partial charge < -0.3 is 24.8 Å². The van der Waals surface area contributed by atoms with Crippen LogP contribution < -0.4 is 15.2 Å². The molecule has 0 atom stereocenters. The van der Waals surface area contributed by atoms with Gasteiger partial charge in [0.1, 0.15) is 23.7 Å². The van der Waals surface area contributed by atoms with E-state index in [1.54, 1.807) is 12.0 Å². The first kappa shape index (κ1) is 18.9. The highest BCUT2D eigenvalue weighted by molar-refractivity contribution is 5.72. The topological polar surface area (TPSA) is 74.0 Å². The highest BCUT2D eigenvalue weighted by atomic mass is 16.6. The zero-order valence-electron chi connectivity index (χ0n) is 16.2. The number of nitrogens with zero attached hydrogens (tertiary/aromatic N) is 1. The van der Waals surface area contributed by atoms with Crippen LogP contribution >= 0.6 is 0 Å². The highest BCUT2D eigenvalue weighted by Crippen LogP contribution is 2.33. The Hall–Kier alpha value is -2.89. The molecule has 2 aromatic carbocycles. The Morgan fingerprint density at radius 2 is 1.85 bits per heavy atom. The van der Waals surface area contributed by atoms with Crippen molar-refractivity contribution >= 4 is 11.8 Å². The van der Waals surface area contributed by atoms with Crippen molar-refractivity contribution < 1.29 is 19.0 Å². The van der Waals surface area contributed by atoms with Crippen molar-refractivity contribution in [2.24, 2.45) is 0 Å². The molecular weight excluding hydrogens is 344 g/mol. The number of carbonyl (C=O) groups is 1. The lowest BCUT2D eigenvalue weighted by atomic mass is 10.0. The third kappa shape index (κ3) is 4.45. The maximum absolute atomic E-state index is 12.5. The van der Waals surface area contributed by atoms with Gasteiger partial charge in [-0.25, -0.2) is 4.79 Å². The fraction of sp³-hybridized carbons (Fsp3) is 0.381. The fourth-order valence-electron chi connectivity index (χ4n) is 2.95. The third-order valence-corrected chi connectivity index (χ3v) is 4.26. The van der Waals surface area contributed by atoms with E-state index in [-0.39, 0.29) is 6.09 Å². The Morgan fingerprint density at radius 3 is 2.56 bits per heavy atom. The Morgan fingerprint density at radius 1 is 1.15 bits per heavy atom. The molecule has 0 bridgehead atoms. The van der Waals surface area contributed by atoms with Crippen LogP contribution in [0.5, 0.6) is 11.5 Å². The van der Waals surface area contributed by atoms with E-state index >= 15 is 0 Å². The summed E-state index contributed by atoms with van der Waals surface area (Å²) >= 11 is 0. The lowest BCUT2D eigenvalue weighted by Crippen LogP contribution is -2.37. The van der Waals surface area contributed by atoms with Gasteiger partial charge in [0.15, 0.2) is 0 Å². The van der Waals surface area contributed by atoms with Gasteiger partial charge in [-0.2, -0.15) is 0 Å². The lowest BCUT2D eigenvalue weighted by Gasteiger charge is -2.26. The van der Waals surface area contributed by atoms with Gasteiger partial charge in [-0.05, 0) is 56.2 Å². The van der Waals surface area contributed by atoms with Crippen molar-refractivity contribution in [1.82, 2.24) is 4.90 Å². The summed E-state index contributed by atoms with van der Waals surface area (Å²) in [5.74, 6) is 1.42. The average molecular weight is 370 g/mol. The van der Waals surface area contributed by atoms with E-state index in [2.05, 4.69) is 0 Å². The van der Waals surface area contributed by atoms with Crippen molar-refractivity contribution in [1.29, 1.82) is 0 Å². The van der Waals surface area contributed by atoms with E-state index in [1.165, 1.54) is 0 Å². The minimum Gasteiger partial charge on any atom is -0.495 e. The summed E-state index contributed by atoms with van der Waals surface area (Å²) in [4.78, 5) is 14.1. The summed E-state index contributed by atoms with van der Waals surface area (Å²) in [6.07, 6.45) is -0.335. The quantitative estimate of drug-likeness (QED) is 0.807. The van der Waals surface area contributed by atoms with E-state index in [0.717, 1.165) is 22.4 Å². The molecule has 0 fully saturated rings. The molecule has 2 N–H and O–H groups in total. The molecule has 1 aliphatic heterocycles. The van der Waals surface area contributed by atoms with Gasteiger partial charge in [0.2, 0.25) is 0 Å². The molecule has 0 saturated heterocycles. The first-order valence-electron chi connectivity index (χ1n) is 8.94. The molecule has 6 nitrogen and oxygen atoms in total. The zero-order valence-corrected chi connectivity index (χ0v) is 16.2. The smallest absolute Gasteiger partial charge is 0.410 e.